The molecule has 0 radical (unpaired) electrons. The molecule has 7 nitrogen and oxygen atoms in total. The van der Waals surface area contributed by atoms with Gasteiger partial charge in [-0.05, 0) is 36.1 Å². The van der Waals surface area contributed by atoms with Gasteiger partial charge < -0.3 is 10.0 Å². The van der Waals surface area contributed by atoms with Crippen LogP contribution in [0.1, 0.15) is 5.56 Å². The van der Waals surface area contributed by atoms with Gasteiger partial charge in [0, 0.05) is 26.2 Å². The average Bonchev–Trinajstić information content (AvgIpc) is 3.12. The summed E-state index contributed by atoms with van der Waals surface area (Å²) >= 11 is 1.58. The highest BCUT2D eigenvalue weighted by Crippen LogP contribution is 2.31. The number of phenolic OH excluding ortho intramolecular Hbond substituents is 1. The number of aromatic hydroxyl groups is 1. The van der Waals surface area contributed by atoms with Crippen molar-refractivity contribution in [2.45, 2.75) is 11.8 Å². The molecule has 3 aromatic rings. The van der Waals surface area contributed by atoms with Crippen LogP contribution < -0.4 is 4.90 Å². The zero-order chi connectivity index (χ0) is 18.3. The average molecular weight is 390 g/mol. The molecule has 4 rings (SSSR count). The Morgan fingerprint density at radius 1 is 1.12 bits per heavy atom. The lowest BCUT2D eigenvalue weighted by atomic mass is 10.2. The number of hydrogen-bond acceptors (Lipinski definition) is 7. The lowest BCUT2D eigenvalue weighted by Crippen LogP contribution is -2.49. The number of hydrogen-bond donors (Lipinski definition) is 1. The van der Waals surface area contributed by atoms with Crippen LogP contribution in [0.3, 0.4) is 0 Å². The highest BCUT2D eigenvalue weighted by molar-refractivity contribution is 7.89. The number of rotatable bonds is 3. The number of piperazine rings is 1. The zero-order valence-corrected chi connectivity index (χ0v) is 15.8. The van der Waals surface area contributed by atoms with Crippen LogP contribution in [0.2, 0.25) is 0 Å². The van der Waals surface area contributed by atoms with E-state index in [9.17, 15) is 13.5 Å². The molecule has 0 aliphatic carbocycles. The molecule has 0 atom stereocenters. The van der Waals surface area contributed by atoms with Crippen molar-refractivity contribution in [2.75, 3.05) is 31.1 Å². The molecule has 1 fully saturated rings. The van der Waals surface area contributed by atoms with E-state index in [2.05, 4.69) is 14.9 Å². The van der Waals surface area contributed by atoms with Crippen molar-refractivity contribution in [1.29, 1.82) is 0 Å². The van der Waals surface area contributed by atoms with Crippen LogP contribution in [0, 0.1) is 6.92 Å². The molecule has 0 amide bonds. The monoisotopic (exact) mass is 390 g/mol. The van der Waals surface area contributed by atoms with Crippen molar-refractivity contribution in [3.05, 3.63) is 41.5 Å². The van der Waals surface area contributed by atoms with E-state index in [1.165, 1.54) is 22.8 Å². The highest BCUT2D eigenvalue weighted by atomic mass is 32.2. The number of sulfonamides is 1. The number of nitrogens with zero attached hydrogens (tertiary/aromatic N) is 4. The van der Waals surface area contributed by atoms with E-state index in [-0.39, 0.29) is 10.6 Å². The number of fused-ring (bicyclic) bond motifs is 1. The predicted molar refractivity (Wildman–Crippen MR) is 101 cm³/mol. The van der Waals surface area contributed by atoms with E-state index in [1.54, 1.807) is 24.3 Å². The standard InChI is InChI=1S/C17H18N4O3S2/c1-12-2-3-14(22)15(10-12)26(23,24)21-7-5-20(6-8-21)17-16-13(4-9-25-16)18-11-19-17/h2-4,9-11,22H,5-8H2,1H3. The van der Waals surface area contributed by atoms with Gasteiger partial charge in [0.2, 0.25) is 10.0 Å². The van der Waals surface area contributed by atoms with Crippen molar-refractivity contribution in [2.24, 2.45) is 0 Å². The van der Waals surface area contributed by atoms with Crippen LogP contribution in [0.4, 0.5) is 5.82 Å². The van der Waals surface area contributed by atoms with Gasteiger partial charge >= 0.3 is 0 Å². The third-order valence-electron chi connectivity index (χ3n) is 4.50. The van der Waals surface area contributed by atoms with Gasteiger partial charge in [-0.25, -0.2) is 18.4 Å². The minimum Gasteiger partial charge on any atom is -0.507 e. The van der Waals surface area contributed by atoms with Gasteiger partial charge in [0.05, 0.1) is 10.2 Å². The first-order chi connectivity index (χ1) is 12.5. The van der Waals surface area contributed by atoms with Crippen molar-refractivity contribution in [3.8, 4) is 5.75 Å². The Kier molecular flexibility index (Phi) is 4.29. The minimum absolute atomic E-state index is 0.0337. The van der Waals surface area contributed by atoms with Gasteiger partial charge in [0.15, 0.2) is 0 Å². The topological polar surface area (TPSA) is 86.6 Å². The molecule has 1 N–H and O–H groups in total. The molecule has 136 valence electrons. The maximum absolute atomic E-state index is 12.9. The molecular weight excluding hydrogens is 372 g/mol. The molecule has 3 heterocycles. The van der Waals surface area contributed by atoms with Crippen LogP contribution in [0.5, 0.6) is 5.75 Å². The molecule has 0 bridgehead atoms. The lowest BCUT2D eigenvalue weighted by molar-refractivity contribution is 0.380. The largest absolute Gasteiger partial charge is 0.507 e. The fourth-order valence-corrected chi connectivity index (χ4v) is 5.56. The maximum atomic E-state index is 12.9. The molecule has 1 aromatic carbocycles. The summed E-state index contributed by atoms with van der Waals surface area (Å²) in [6, 6.07) is 6.57. The second-order valence-electron chi connectivity index (χ2n) is 6.19. The smallest absolute Gasteiger partial charge is 0.246 e. The third-order valence-corrected chi connectivity index (χ3v) is 7.32. The highest BCUT2D eigenvalue weighted by Gasteiger charge is 2.31. The van der Waals surface area contributed by atoms with Gasteiger partial charge in [-0.3, -0.25) is 0 Å². The first kappa shape index (κ1) is 17.2. The van der Waals surface area contributed by atoms with Gasteiger partial charge in [-0.15, -0.1) is 11.3 Å². The van der Waals surface area contributed by atoms with E-state index >= 15 is 0 Å². The summed E-state index contributed by atoms with van der Waals surface area (Å²) < 4.78 is 28.2. The Balaban J connectivity index is 1.56. The summed E-state index contributed by atoms with van der Waals surface area (Å²) in [7, 11) is -3.73. The Morgan fingerprint density at radius 2 is 1.88 bits per heavy atom. The quantitative estimate of drug-likeness (QED) is 0.738. The van der Waals surface area contributed by atoms with Gasteiger partial charge in [-0.1, -0.05) is 6.07 Å². The van der Waals surface area contributed by atoms with Crippen LogP contribution in [0.25, 0.3) is 10.2 Å². The third kappa shape index (κ3) is 2.91. The fraction of sp³-hybridized carbons (Fsp3) is 0.294. The molecule has 0 spiro atoms. The van der Waals surface area contributed by atoms with Gasteiger partial charge in [-0.2, -0.15) is 4.31 Å². The zero-order valence-electron chi connectivity index (χ0n) is 14.2. The predicted octanol–water partition coefficient (Wildman–Crippen LogP) is 2.22. The van der Waals surface area contributed by atoms with Crippen LogP contribution in [-0.4, -0.2) is 54.0 Å². The van der Waals surface area contributed by atoms with E-state index in [0.29, 0.717) is 26.2 Å². The molecule has 0 saturated carbocycles. The van der Waals surface area contributed by atoms with E-state index in [4.69, 9.17) is 0 Å². The molecule has 9 heteroatoms. The summed E-state index contributed by atoms with van der Waals surface area (Å²) in [5.41, 5.74) is 1.70. The number of aromatic nitrogens is 2. The first-order valence-corrected chi connectivity index (χ1v) is 10.5. The number of aryl methyl sites for hydroxylation is 1. The fourth-order valence-electron chi connectivity index (χ4n) is 3.11. The van der Waals surface area contributed by atoms with Crippen LogP contribution in [-0.2, 0) is 10.0 Å². The molecule has 2 aromatic heterocycles. The van der Waals surface area contributed by atoms with Crippen LogP contribution in [0.15, 0.2) is 40.9 Å². The number of benzene rings is 1. The first-order valence-electron chi connectivity index (χ1n) is 8.20. The van der Waals surface area contributed by atoms with Crippen LogP contribution >= 0.6 is 11.3 Å². The molecule has 1 saturated heterocycles. The minimum atomic E-state index is -3.73. The Bertz CT molecular complexity index is 1060. The van der Waals surface area contributed by atoms with Crippen molar-refractivity contribution in [1.82, 2.24) is 14.3 Å². The Labute approximate surface area is 155 Å². The summed E-state index contributed by atoms with van der Waals surface area (Å²) in [5.74, 6) is 0.634. The summed E-state index contributed by atoms with van der Waals surface area (Å²) in [4.78, 5) is 10.7. The molecule has 1 aliphatic heterocycles. The second kappa shape index (κ2) is 6.49. The Hall–Kier alpha value is -2.23. The number of thiophene rings is 1. The lowest BCUT2D eigenvalue weighted by Gasteiger charge is -2.34. The second-order valence-corrected chi connectivity index (χ2v) is 9.02. The molecular formula is C17H18N4O3S2. The van der Waals surface area contributed by atoms with Crippen molar-refractivity contribution < 1.29 is 13.5 Å². The maximum Gasteiger partial charge on any atom is 0.246 e. The summed E-state index contributed by atoms with van der Waals surface area (Å²) in [6.45, 7) is 3.56. The van der Waals surface area contributed by atoms with Crippen molar-refractivity contribution >= 4 is 37.4 Å². The molecule has 0 unspecified atom stereocenters. The van der Waals surface area contributed by atoms with E-state index in [1.807, 2.05) is 11.4 Å². The summed E-state index contributed by atoms with van der Waals surface area (Å²) in [5, 5.41) is 12.0. The summed E-state index contributed by atoms with van der Waals surface area (Å²) in [6.07, 6.45) is 1.54. The normalized spacial score (nSPS) is 16.3. The van der Waals surface area contributed by atoms with Gasteiger partial charge in [0.25, 0.3) is 0 Å². The van der Waals surface area contributed by atoms with Crippen molar-refractivity contribution in [3.63, 3.8) is 0 Å². The Morgan fingerprint density at radius 3 is 2.65 bits per heavy atom. The molecule has 26 heavy (non-hydrogen) atoms. The number of phenols is 1. The van der Waals surface area contributed by atoms with E-state index in [0.717, 1.165) is 21.6 Å². The van der Waals surface area contributed by atoms with Gasteiger partial charge in [0.1, 0.15) is 22.8 Å². The molecule has 1 aliphatic rings. The SMILES string of the molecule is Cc1ccc(O)c(S(=O)(=O)N2CCN(c3ncnc4ccsc34)CC2)c1. The van der Waals surface area contributed by atoms with E-state index < -0.39 is 10.0 Å². The number of anilines is 1.